The van der Waals surface area contributed by atoms with E-state index >= 15 is 0 Å². The van der Waals surface area contributed by atoms with E-state index in [4.69, 9.17) is 21.1 Å². The van der Waals surface area contributed by atoms with E-state index in [0.717, 1.165) is 0 Å². The first kappa shape index (κ1) is 24.8. The number of anilines is 1. The van der Waals surface area contributed by atoms with Crippen molar-refractivity contribution in [3.63, 3.8) is 0 Å². The van der Waals surface area contributed by atoms with Crippen molar-refractivity contribution in [1.82, 2.24) is 0 Å². The molecule has 0 aliphatic heterocycles. The third-order valence-electron chi connectivity index (χ3n) is 4.20. The Hall–Kier alpha value is -2.50. The molecule has 0 radical (unpaired) electrons. The molecule has 2 rings (SSSR count). The summed E-state index contributed by atoms with van der Waals surface area (Å²) >= 11 is 7.77. The standard InChI is InChI=1S/C19H21ClN2O7S2/c1-11-4-7-16(17(20)18(11)31(26)27)29-13-5-6-15(22(24)25)14(10-13)21-12(2)19(23)28-8-9-30-3/h4-7,10,12,17,21H,8-9H2,1-3H3. The summed E-state index contributed by atoms with van der Waals surface area (Å²) in [5.41, 5.74) is 0.267. The van der Waals surface area contributed by atoms with Crippen LogP contribution in [0.5, 0.6) is 5.75 Å². The maximum absolute atomic E-state index is 12.1. The number of ether oxygens (including phenoxy) is 2. The van der Waals surface area contributed by atoms with Crippen molar-refractivity contribution in [2.45, 2.75) is 25.3 Å². The van der Waals surface area contributed by atoms with Gasteiger partial charge in [0, 0.05) is 17.9 Å². The number of allylic oxidation sites excluding steroid dienone is 4. The van der Waals surface area contributed by atoms with Crippen LogP contribution in [0.25, 0.3) is 0 Å². The molecule has 0 amide bonds. The van der Waals surface area contributed by atoms with Crippen molar-refractivity contribution in [2.24, 2.45) is 0 Å². The summed E-state index contributed by atoms with van der Waals surface area (Å²) in [4.78, 5) is 22.9. The molecule has 31 heavy (non-hydrogen) atoms. The maximum Gasteiger partial charge on any atom is 0.328 e. The van der Waals surface area contributed by atoms with Crippen LogP contribution in [-0.2, 0) is 19.8 Å². The van der Waals surface area contributed by atoms with Crippen molar-refractivity contribution in [1.29, 1.82) is 0 Å². The van der Waals surface area contributed by atoms with Gasteiger partial charge in [-0.2, -0.15) is 20.2 Å². The summed E-state index contributed by atoms with van der Waals surface area (Å²) in [6, 6.07) is 3.06. The molecule has 9 nitrogen and oxygen atoms in total. The predicted molar refractivity (Wildman–Crippen MR) is 122 cm³/mol. The van der Waals surface area contributed by atoms with Crippen LogP contribution in [0.1, 0.15) is 13.8 Å². The number of benzene rings is 1. The molecule has 0 spiro atoms. The van der Waals surface area contributed by atoms with Gasteiger partial charge in [0.25, 0.3) is 5.69 Å². The number of esters is 1. The van der Waals surface area contributed by atoms with Gasteiger partial charge in [-0.25, -0.2) is 4.79 Å². The van der Waals surface area contributed by atoms with Gasteiger partial charge in [-0.15, -0.1) is 11.6 Å². The number of nitro groups is 1. The minimum absolute atomic E-state index is 0.0129. The Labute approximate surface area is 190 Å². The van der Waals surface area contributed by atoms with Crippen molar-refractivity contribution in [2.75, 3.05) is 23.9 Å². The average molecular weight is 489 g/mol. The van der Waals surface area contributed by atoms with Gasteiger partial charge in [0.15, 0.2) is 0 Å². The van der Waals surface area contributed by atoms with Crippen molar-refractivity contribution < 1.29 is 27.6 Å². The van der Waals surface area contributed by atoms with Gasteiger partial charge in [-0.1, -0.05) is 6.08 Å². The van der Waals surface area contributed by atoms with Crippen LogP contribution in [0, 0.1) is 10.1 Å². The molecular formula is C19H21ClN2O7S2. The summed E-state index contributed by atoms with van der Waals surface area (Å²) in [7, 11) is -2.53. The fourth-order valence-corrected chi connectivity index (χ4v) is 4.01. The van der Waals surface area contributed by atoms with E-state index in [0.29, 0.717) is 11.3 Å². The lowest BCUT2D eigenvalue weighted by Crippen LogP contribution is -2.29. The molecule has 1 aromatic carbocycles. The molecule has 0 aromatic heterocycles. The largest absolute Gasteiger partial charge is 0.463 e. The van der Waals surface area contributed by atoms with E-state index in [2.05, 4.69) is 5.32 Å². The third kappa shape index (κ3) is 6.49. The first-order valence-corrected chi connectivity index (χ1v) is 11.9. The Bertz CT molecular complexity index is 1060. The molecule has 0 saturated heterocycles. The van der Waals surface area contributed by atoms with Crippen LogP contribution in [-0.4, -0.2) is 54.2 Å². The molecule has 0 bridgehead atoms. The highest BCUT2D eigenvalue weighted by molar-refractivity contribution is 7.98. The van der Waals surface area contributed by atoms with E-state index < -0.39 is 32.6 Å². The average Bonchev–Trinajstić information content (AvgIpc) is 2.70. The topological polar surface area (TPSA) is 125 Å². The van der Waals surface area contributed by atoms with Gasteiger partial charge in [0.1, 0.15) is 40.1 Å². The number of carbonyl (C=O) groups excluding carboxylic acids is 1. The van der Waals surface area contributed by atoms with Crippen molar-refractivity contribution in [3.8, 4) is 5.75 Å². The molecule has 0 heterocycles. The molecular weight excluding hydrogens is 468 g/mol. The Morgan fingerprint density at radius 1 is 1.39 bits per heavy atom. The third-order valence-corrected chi connectivity index (χ3v) is 6.26. The summed E-state index contributed by atoms with van der Waals surface area (Å²) in [5.74, 6) is 0.411. The van der Waals surface area contributed by atoms with Crippen molar-refractivity contribution in [3.05, 3.63) is 51.8 Å². The molecule has 168 valence electrons. The van der Waals surface area contributed by atoms with Crippen LogP contribution in [0.3, 0.4) is 0 Å². The first-order chi connectivity index (χ1) is 14.6. The number of nitrogens with zero attached hydrogens (tertiary/aromatic N) is 1. The van der Waals surface area contributed by atoms with Crippen LogP contribution >= 0.6 is 23.4 Å². The van der Waals surface area contributed by atoms with Crippen LogP contribution in [0.15, 0.2) is 41.7 Å². The molecule has 1 aliphatic rings. The smallest absolute Gasteiger partial charge is 0.328 e. The van der Waals surface area contributed by atoms with E-state index in [1.807, 2.05) is 6.26 Å². The number of hydrogen-bond acceptors (Lipinski definition) is 9. The Kier molecular flexibility index (Phi) is 8.96. The number of hydrogen-bond donors (Lipinski definition) is 1. The Balaban J connectivity index is 2.27. The number of thioether (sulfide) groups is 1. The fraction of sp³-hybridized carbons (Fsp3) is 0.368. The fourth-order valence-electron chi connectivity index (χ4n) is 2.64. The summed E-state index contributed by atoms with van der Waals surface area (Å²) in [6.45, 7) is 3.37. The highest BCUT2D eigenvalue weighted by Crippen LogP contribution is 2.32. The van der Waals surface area contributed by atoms with E-state index in [1.54, 1.807) is 13.0 Å². The molecule has 0 fully saturated rings. The minimum atomic E-state index is -2.53. The molecule has 2 atom stereocenters. The number of rotatable bonds is 9. The molecule has 1 N–H and O–H groups in total. The SMILES string of the molecule is CSCCOC(=O)C(C)Nc1cc(OC2=CC=C(C)C(=S(=O)=O)C2Cl)ccc1[N+](=O)[O-]. The number of carbonyl (C=O) groups is 1. The lowest BCUT2D eigenvalue weighted by Gasteiger charge is -2.20. The van der Waals surface area contributed by atoms with Gasteiger partial charge in [0.05, 0.1) is 4.92 Å². The summed E-state index contributed by atoms with van der Waals surface area (Å²) < 4.78 is 33.7. The lowest BCUT2D eigenvalue weighted by atomic mass is 10.0. The lowest BCUT2D eigenvalue weighted by molar-refractivity contribution is -0.384. The Morgan fingerprint density at radius 2 is 2.10 bits per heavy atom. The summed E-state index contributed by atoms with van der Waals surface area (Å²) in [6.07, 6.45) is 4.96. The zero-order valence-electron chi connectivity index (χ0n) is 17.0. The second kappa shape index (κ2) is 11.2. The predicted octanol–water partition coefficient (Wildman–Crippen LogP) is 3.18. The first-order valence-electron chi connectivity index (χ1n) is 9.03. The van der Waals surface area contributed by atoms with Crippen LogP contribution in [0.2, 0.25) is 0 Å². The highest BCUT2D eigenvalue weighted by Gasteiger charge is 2.27. The second-order valence-electron chi connectivity index (χ2n) is 6.44. The quantitative estimate of drug-likeness (QED) is 0.139. The number of alkyl halides is 1. The minimum Gasteiger partial charge on any atom is -0.463 e. The number of nitro benzene ring substituents is 1. The number of halogens is 1. The van der Waals surface area contributed by atoms with Crippen molar-refractivity contribution >= 4 is 55.9 Å². The molecule has 1 aromatic rings. The Morgan fingerprint density at radius 3 is 2.71 bits per heavy atom. The maximum atomic E-state index is 12.1. The van der Waals surface area contributed by atoms with E-state index in [1.165, 1.54) is 43.0 Å². The van der Waals surface area contributed by atoms with E-state index in [9.17, 15) is 23.3 Å². The highest BCUT2D eigenvalue weighted by atomic mass is 35.5. The van der Waals surface area contributed by atoms with Crippen LogP contribution in [0.4, 0.5) is 11.4 Å². The monoisotopic (exact) mass is 488 g/mol. The van der Waals surface area contributed by atoms with Gasteiger partial charge in [0.2, 0.25) is 10.3 Å². The molecule has 1 aliphatic carbocycles. The molecule has 0 saturated carbocycles. The van der Waals surface area contributed by atoms with Gasteiger partial charge < -0.3 is 14.8 Å². The van der Waals surface area contributed by atoms with E-state index in [-0.39, 0.29) is 34.4 Å². The van der Waals surface area contributed by atoms with Crippen LogP contribution < -0.4 is 10.1 Å². The van der Waals surface area contributed by atoms with Gasteiger partial charge in [-0.3, -0.25) is 10.1 Å². The zero-order valence-corrected chi connectivity index (χ0v) is 19.3. The molecule has 2 unspecified atom stereocenters. The number of nitrogens with one attached hydrogen (secondary N) is 1. The van der Waals surface area contributed by atoms with Gasteiger partial charge >= 0.3 is 5.97 Å². The second-order valence-corrected chi connectivity index (χ2v) is 8.78. The normalized spacial score (nSPS) is 16.6. The molecule has 12 heteroatoms. The zero-order chi connectivity index (χ0) is 23.1. The van der Waals surface area contributed by atoms with Gasteiger partial charge in [-0.05, 0) is 37.8 Å². The summed E-state index contributed by atoms with van der Waals surface area (Å²) in [5, 5.41) is 13.1.